The van der Waals surface area contributed by atoms with Crippen LogP contribution in [0.3, 0.4) is 0 Å². The fourth-order valence-electron chi connectivity index (χ4n) is 3.08. The second-order valence-electron chi connectivity index (χ2n) is 6.15. The van der Waals surface area contributed by atoms with Gasteiger partial charge in [-0.15, -0.1) is 0 Å². The Kier molecular flexibility index (Phi) is 3.61. The van der Waals surface area contributed by atoms with Crippen molar-refractivity contribution in [2.75, 3.05) is 5.32 Å². The highest BCUT2D eigenvalue weighted by atomic mass is 15.2. The maximum absolute atomic E-state index is 4.78. The molecule has 0 fully saturated rings. The van der Waals surface area contributed by atoms with Gasteiger partial charge in [-0.1, -0.05) is 12.1 Å². The molecule has 0 spiro atoms. The smallest absolute Gasteiger partial charge is 0.109 e. The number of aromatic nitrogens is 4. The lowest BCUT2D eigenvalue weighted by Gasteiger charge is -2.11. The van der Waals surface area contributed by atoms with E-state index in [0.717, 1.165) is 30.9 Å². The van der Waals surface area contributed by atoms with Gasteiger partial charge in [0.1, 0.15) is 5.82 Å². The topological polar surface area (TPSA) is 47.7 Å². The molecule has 5 heteroatoms. The van der Waals surface area contributed by atoms with E-state index < -0.39 is 0 Å². The van der Waals surface area contributed by atoms with Crippen LogP contribution in [0.1, 0.15) is 24.2 Å². The maximum Gasteiger partial charge on any atom is 0.109 e. The molecule has 1 aliphatic rings. The van der Waals surface area contributed by atoms with Crippen LogP contribution in [0.2, 0.25) is 0 Å². The Balaban J connectivity index is 1.46. The molecule has 1 aliphatic heterocycles. The summed E-state index contributed by atoms with van der Waals surface area (Å²) in [6.45, 7) is 1.89. The summed E-state index contributed by atoms with van der Waals surface area (Å²) in [5.74, 6) is 1.23. The molecule has 1 N–H and O–H groups in total. The van der Waals surface area contributed by atoms with Crippen LogP contribution in [-0.4, -0.2) is 19.3 Å². The number of imidazole rings is 1. The van der Waals surface area contributed by atoms with E-state index >= 15 is 0 Å². The molecular formula is C18H21N5. The Hall–Kier alpha value is -2.56. The van der Waals surface area contributed by atoms with Crippen LogP contribution in [0.25, 0.3) is 11.3 Å². The number of nitrogens with zero attached hydrogens (tertiary/aromatic N) is 4. The van der Waals surface area contributed by atoms with Gasteiger partial charge in [-0.3, -0.25) is 4.68 Å². The van der Waals surface area contributed by atoms with Gasteiger partial charge in [-0.2, -0.15) is 5.10 Å². The molecule has 4 rings (SSSR count). The summed E-state index contributed by atoms with van der Waals surface area (Å²) < 4.78 is 4.12. The van der Waals surface area contributed by atoms with E-state index in [0.29, 0.717) is 0 Å². The van der Waals surface area contributed by atoms with Gasteiger partial charge >= 0.3 is 0 Å². The molecule has 1 aromatic carbocycles. The first-order valence-corrected chi connectivity index (χ1v) is 8.16. The third-order valence-electron chi connectivity index (χ3n) is 4.34. The van der Waals surface area contributed by atoms with E-state index in [1.54, 1.807) is 0 Å². The number of hydrogen-bond donors (Lipinski definition) is 1. The molecule has 0 bridgehead atoms. The number of nitrogens with one attached hydrogen (secondary N) is 1. The van der Waals surface area contributed by atoms with E-state index in [-0.39, 0.29) is 0 Å². The van der Waals surface area contributed by atoms with Crippen LogP contribution >= 0.6 is 0 Å². The number of rotatable bonds is 4. The first-order valence-electron chi connectivity index (χ1n) is 8.16. The summed E-state index contributed by atoms with van der Waals surface area (Å²) in [7, 11) is 1.93. The molecule has 0 aliphatic carbocycles. The normalized spacial score (nSPS) is 13.8. The Morgan fingerprint density at radius 3 is 2.74 bits per heavy atom. The van der Waals surface area contributed by atoms with E-state index in [2.05, 4.69) is 45.4 Å². The second-order valence-corrected chi connectivity index (χ2v) is 6.15. The van der Waals surface area contributed by atoms with Gasteiger partial charge in [-0.05, 0) is 25.0 Å². The fourth-order valence-corrected chi connectivity index (χ4v) is 3.08. The SMILES string of the molecule is Cn1cc(CNc2ccc(-c3cn4c(n3)CCCC4)cc2)cn1. The Bertz CT molecular complexity index is 774. The molecule has 2 aromatic heterocycles. The zero-order valence-electron chi connectivity index (χ0n) is 13.4. The third kappa shape index (κ3) is 2.99. The van der Waals surface area contributed by atoms with Crippen LogP contribution in [0, 0.1) is 0 Å². The van der Waals surface area contributed by atoms with Crippen molar-refractivity contribution in [3.63, 3.8) is 0 Å². The van der Waals surface area contributed by atoms with Crippen LogP contribution in [0.4, 0.5) is 5.69 Å². The van der Waals surface area contributed by atoms with Gasteiger partial charge in [-0.25, -0.2) is 4.98 Å². The minimum absolute atomic E-state index is 0.784. The molecule has 3 heterocycles. The van der Waals surface area contributed by atoms with Crippen LogP contribution in [0.5, 0.6) is 0 Å². The lowest BCUT2D eigenvalue weighted by atomic mass is 10.1. The number of hydrogen-bond acceptors (Lipinski definition) is 3. The number of aryl methyl sites for hydroxylation is 3. The second kappa shape index (κ2) is 5.91. The van der Waals surface area contributed by atoms with Crippen molar-refractivity contribution in [2.45, 2.75) is 32.4 Å². The Labute approximate surface area is 136 Å². The summed E-state index contributed by atoms with van der Waals surface area (Å²) in [4.78, 5) is 4.78. The summed E-state index contributed by atoms with van der Waals surface area (Å²) in [5.41, 5.74) is 4.56. The van der Waals surface area contributed by atoms with Crippen molar-refractivity contribution >= 4 is 5.69 Å². The van der Waals surface area contributed by atoms with Crippen LogP contribution in [-0.2, 0) is 26.6 Å². The molecule has 118 valence electrons. The van der Waals surface area contributed by atoms with Crippen molar-refractivity contribution in [3.05, 3.63) is 54.2 Å². The van der Waals surface area contributed by atoms with Crippen molar-refractivity contribution in [3.8, 4) is 11.3 Å². The number of fused-ring (bicyclic) bond motifs is 1. The molecule has 0 amide bonds. The maximum atomic E-state index is 4.78. The highest BCUT2D eigenvalue weighted by molar-refractivity contribution is 5.62. The minimum atomic E-state index is 0.784. The monoisotopic (exact) mass is 307 g/mol. The molecule has 0 unspecified atom stereocenters. The van der Waals surface area contributed by atoms with E-state index in [4.69, 9.17) is 4.98 Å². The van der Waals surface area contributed by atoms with Gasteiger partial charge in [0.2, 0.25) is 0 Å². The minimum Gasteiger partial charge on any atom is -0.381 e. The molecule has 5 nitrogen and oxygen atoms in total. The standard InChI is InChI=1S/C18H21N5/c1-22-12-14(11-20-22)10-19-16-7-5-15(6-8-16)17-13-23-9-3-2-4-18(23)21-17/h5-8,11-13,19H,2-4,9-10H2,1H3. The zero-order valence-corrected chi connectivity index (χ0v) is 13.4. The largest absolute Gasteiger partial charge is 0.381 e. The average molecular weight is 307 g/mol. The summed E-state index contributed by atoms with van der Waals surface area (Å²) >= 11 is 0. The summed E-state index contributed by atoms with van der Waals surface area (Å²) in [6.07, 6.45) is 9.72. The lowest BCUT2D eigenvalue weighted by molar-refractivity contribution is 0.522. The quantitative estimate of drug-likeness (QED) is 0.805. The van der Waals surface area contributed by atoms with Gasteiger partial charge in [0.15, 0.2) is 0 Å². The highest BCUT2D eigenvalue weighted by Crippen LogP contribution is 2.24. The van der Waals surface area contributed by atoms with E-state index in [9.17, 15) is 0 Å². The third-order valence-corrected chi connectivity index (χ3v) is 4.34. The first-order chi connectivity index (χ1) is 11.3. The predicted molar refractivity (Wildman–Crippen MR) is 91.1 cm³/mol. The van der Waals surface area contributed by atoms with Gasteiger partial charge in [0.25, 0.3) is 0 Å². The summed E-state index contributed by atoms with van der Waals surface area (Å²) in [5, 5.41) is 7.60. The molecule has 3 aromatic rings. The average Bonchev–Trinajstić information content (AvgIpc) is 3.19. The van der Waals surface area contributed by atoms with Crippen LogP contribution in [0.15, 0.2) is 42.9 Å². The van der Waals surface area contributed by atoms with Crippen molar-refractivity contribution < 1.29 is 0 Å². The van der Waals surface area contributed by atoms with E-state index in [1.807, 2.05) is 24.1 Å². The fraction of sp³-hybridized carbons (Fsp3) is 0.333. The Morgan fingerprint density at radius 2 is 2.00 bits per heavy atom. The summed E-state index contributed by atoms with van der Waals surface area (Å²) in [6, 6.07) is 8.51. The number of benzene rings is 1. The molecule has 0 saturated heterocycles. The Morgan fingerprint density at radius 1 is 1.13 bits per heavy atom. The van der Waals surface area contributed by atoms with Crippen molar-refractivity contribution in [1.82, 2.24) is 19.3 Å². The van der Waals surface area contributed by atoms with Crippen molar-refractivity contribution in [1.29, 1.82) is 0 Å². The van der Waals surface area contributed by atoms with Crippen LogP contribution < -0.4 is 5.32 Å². The lowest BCUT2D eigenvalue weighted by Crippen LogP contribution is -2.08. The van der Waals surface area contributed by atoms with Gasteiger partial charge in [0, 0.05) is 55.8 Å². The van der Waals surface area contributed by atoms with Gasteiger partial charge in [0.05, 0.1) is 11.9 Å². The zero-order chi connectivity index (χ0) is 15.6. The molecule has 0 atom stereocenters. The highest BCUT2D eigenvalue weighted by Gasteiger charge is 2.13. The van der Waals surface area contributed by atoms with Gasteiger partial charge < -0.3 is 9.88 Å². The van der Waals surface area contributed by atoms with Crippen molar-refractivity contribution in [2.24, 2.45) is 7.05 Å². The van der Waals surface area contributed by atoms with E-state index in [1.165, 1.54) is 29.8 Å². The molecule has 0 radical (unpaired) electrons. The molecule has 0 saturated carbocycles. The predicted octanol–water partition coefficient (Wildman–Crippen LogP) is 3.23. The first kappa shape index (κ1) is 14.1. The molecular weight excluding hydrogens is 286 g/mol. The number of anilines is 1. The molecule has 23 heavy (non-hydrogen) atoms.